The molecule has 204 valence electrons. The smallest absolute Gasteiger partial charge is 0.417 e. The van der Waals surface area contributed by atoms with Crippen molar-refractivity contribution in [3.05, 3.63) is 77.2 Å². The van der Waals surface area contributed by atoms with Gasteiger partial charge in [-0.25, -0.2) is 9.59 Å². The topological polar surface area (TPSA) is 65.7 Å². The molecule has 0 aliphatic carbocycles. The Labute approximate surface area is 220 Å². The standard InChI is InChI=1S/C30H33F3O5/c1-2-28(34)37-19-13-9-7-5-3-4-6-8-12-18-36-23-17-16-22-20-25(29(35)38-27(22)21-23)24-14-10-11-15-26(24)30(31,32)33/h2,10-11,14-17,20-21H,1,3-9,12-13,18-19H2. The highest BCUT2D eigenvalue weighted by molar-refractivity contribution is 5.83. The maximum Gasteiger partial charge on any atom is 0.417 e. The molecule has 0 bridgehead atoms. The van der Waals surface area contributed by atoms with Crippen LogP contribution in [0, 0.1) is 0 Å². The minimum absolute atomic E-state index is 0.131. The Morgan fingerprint density at radius 3 is 2.13 bits per heavy atom. The van der Waals surface area contributed by atoms with Crippen molar-refractivity contribution >= 4 is 16.9 Å². The molecule has 0 saturated heterocycles. The van der Waals surface area contributed by atoms with Crippen molar-refractivity contribution in [3.63, 3.8) is 0 Å². The van der Waals surface area contributed by atoms with Crippen molar-refractivity contribution in [2.24, 2.45) is 0 Å². The fourth-order valence-corrected chi connectivity index (χ4v) is 4.20. The maximum atomic E-state index is 13.4. The first-order chi connectivity index (χ1) is 18.3. The second-order valence-corrected chi connectivity index (χ2v) is 9.09. The van der Waals surface area contributed by atoms with Crippen LogP contribution in [0.4, 0.5) is 13.2 Å². The third-order valence-corrected chi connectivity index (χ3v) is 6.20. The molecule has 2 aromatic carbocycles. The summed E-state index contributed by atoms with van der Waals surface area (Å²) < 4.78 is 56.3. The summed E-state index contributed by atoms with van der Waals surface area (Å²) in [6.45, 7) is 4.34. The van der Waals surface area contributed by atoms with Crippen LogP contribution in [-0.2, 0) is 15.7 Å². The van der Waals surface area contributed by atoms with Gasteiger partial charge >= 0.3 is 17.8 Å². The summed E-state index contributed by atoms with van der Waals surface area (Å²) in [6.07, 6.45) is 6.20. The molecule has 0 aliphatic heterocycles. The minimum atomic E-state index is -4.58. The Hall–Kier alpha value is -3.55. The number of fused-ring (bicyclic) bond motifs is 1. The molecule has 38 heavy (non-hydrogen) atoms. The van der Waals surface area contributed by atoms with Crippen molar-refractivity contribution < 1.29 is 31.9 Å². The van der Waals surface area contributed by atoms with Crippen LogP contribution in [0.25, 0.3) is 22.1 Å². The summed E-state index contributed by atoms with van der Waals surface area (Å²) in [7, 11) is 0. The van der Waals surface area contributed by atoms with E-state index in [0.717, 1.165) is 57.4 Å². The Morgan fingerprint density at radius 2 is 1.47 bits per heavy atom. The number of esters is 1. The van der Waals surface area contributed by atoms with E-state index in [2.05, 4.69) is 6.58 Å². The third kappa shape index (κ3) is 8.78. The summed E-state index contributed by atoms with van der Waals surface area (Å²) >= 11 is 0. The van der Waals surface area contributed by atoms with Crippen molar-refractivity contribution in [2.45, 2.75) is 64.0 Å². The summed E-state index contributed by atoms with van der Waals surface area (Å²) in [4.78, 5) is 23.5. The molecule has 0 atom stereocenters. The highest BCUT2D eigenvalue weighted by atomic mass is 19.4. The van der Waals surface area contributed by atoms with Crippen LogP contribution in [0.1, 0.15) is 63.4 Å². The molecule has 0 saturated carbocycles. The molecule has 1 heterocycles. The van der Waals surface area contributed by atoms with Crippen molar-refractivity contribution in [2.75, 3.05) is 13.2 Å². The molecule has 0 unspecified atom stereocenters. The number of alkyl halides is 3. The Kier molecular flexibility index (Phi) is 11.0. The summed E-state index contributed by atoms with van der Waals surface area (Å²) in [5.41, 5.74) is -1.78. The first-order valence-electron chi connectivity index (χ1n) is 13.0. The molecular formula is C30H33F3O5. The van der Waals surface area contributed by atoms with E-state index < -0.39 is 17.4 Å². The molecule has 3 rings (SSSR count). The number of unbranched alkanes of at least 4 members (excludes halogenated alkanes) is 8. The lowest BCUT2D eigenvalue weighted by Crippen LogP contribution is -2.11. The molecule has 1 aromatic heterocycles. The van der Waals surface area contributed by atoms with Crippen LogP contribution in [0.3, 0.4) is 0 Å². The first-order valence-corrected chi connectivity index (χ1v) is 13.0. The fraction of sp³-hybridized carbons (Fsp3) is 0.400. The molecule has 8 heteroatoms. The zero-order valence-electron chi connectivity index (χ0n) is 21.4. The van der Waals surface area contributed by atoms with Crippen LogP contribution < -0.4 is 10.4 Å². The van der Waals surface area contributed by atoms with Gasteiger partial charge in [-0.1, -0.05) is 69.7 Å². The van der Waals surface area contributed by atoms with Gasteiger partial charge in [-0.3, -0.25) is 0 Å². The number of carbonyl (C=O) groups excluding carboxylic acids is 1. The van der Waals surface area contributed by atoms with E-state index in [-0.39, 0.29) is 22.7 Å². The minimum Gasteiger partial charge on any atom is -0.493 e. The molecule has 0 amide bonds. The number of benzene rings is 2. The predicted molar refractivity (Wildman–Crippen MR) is 141 cm³/mol. The van der Waals surface area contributed by atoms with E-state index >= 15 is 0 Å². The average molecular weight is 531 g/mol. The van der Waals surface area contributed by atoms with E-state index in [1.165, 1.54) is 36.8 Å². The molecule has 0 aliphatic rings. The maximum absolute atomic E-state index is 13.4. The van der Waals surface area contributed by atoms with Gasteiger partial charge in [0.25, 0.3) is 0 Å². The van der Waals surface area contributed by atoms with Gasteiger partial charge in [0.1, 0.15) is 11.3 Å². The molecule has 0 fully saturated rings. The Balaban J connectivity index is 1.40. The fourth-order valence-electron chi connectivity index (χ4n) is 4.20. The molecule has 0 N–H and O–H groups in total. The van der Waals surface area contributed by atoms with Crippen LogP contribution in [0.15, 0.2) is 70.4 Å². The summed E-state index contributed by atoms with van der Waals surface area (Å²) in [5, 5.41) is 0.515. The highest BCUT2D eigenvalue weighted by Gasteiger charge is 2.34. The van der Waals surface area contributed by atoms with Gasteiger partial charge in [0, 0.05) is 23.1 Å². The largest absolute Gasteiger partial charge is 0.493 e. The quantitative estimate of drug-likeness (QED) is 0.0860. The van der Waals surface area contributed by atoms with Gasteiger partial charge in [-0.15, -0.1) is 0 Å². The monoisotopic (exact) mass is 530 g/mol. The third-order valence-electron chi connectivity index (χ3n) is 6.20. The lowest BCUT2D eigenvalue weighted by atomic mass is 10.00. The lowest BCUT2D eigenvalue weighted by Gasteiger charge is -2.12. The Bertz CT molecular complexity index is 1260. The van der Waals surface area contributed by atoms with Crippen LogP contribution in [0.2, 0.25) is 0 Å². The number of carbonyl (C=O) groups is 1. The second kappa shape index (κ2) is 14.4. The molecule has 5 nitrogen and oxygen atoms in total. The summed E-state index contributed by atoms with van der Waals surface area (Å²) in [5.74, 6) is 0.174. The van der Waals surface area contributed by atoms with Gasteiger partial charge in [0.2, 0.25) is 0 Å². The summed E-state index contributed by atoms with van der Waals surface area (Å²) in [6, 6.07) is 11.4. The van der Waals surface area contributed by atoms with Gasteiger partial charge in [-0.2, -0.15) is 13.2 Å². The molecular weight excluding hydrogens is 497 g/mol. The average Bonchev–Trinajstić information content (AvgIpc) is 2.90. The van der Waals surface area contributed by atoms with E-state index in [1.807, 2.05) is 0 Å². The number of rotatable bonds is 15. The number of hydrogen-bond acceptors (Lipinski definition) is 5. The second-order valence-electron chi connectivity index (χ2n) is 9.09. The zero-order chi connectivity index (χ0) is 27.4. The zero-order valence-corrected chi connectivity index (χ0v) is 21.4. The SMILES string of the molecule is C=CC(=O)OCCCCCCCCCCCOc1ccc2cc(-c3ccccc3C(F)(F)F)c(=O)oc2c1. The van der Waals surface area contributed by atoms with E-state index in [1.54, 1.807) is 18.2 Å². The number of halogens is 3. The van der Waals surface area contributed by atoms with Crippen LogP contribution in [-0.4, -0.2) is 19.2 Å². The van der Waals surface area contributed by atoms with Crippen LogP contribution >= 0.6 is 0 Å². The molecule has 0 radical (unpaired) electrons. The van der Waals surface area contributed by atoms with Gasteiger partial charge in [0.15, 0.2) is 0 Å². The van der Waals surface area contributed by atoms with E-state index in [0.29, 0.717) is 24.3 Å². The van der Waals surface area contributed by atoms with Gasteiger partial charge < -0.3 is 13.9 Å². The molecule has 0 spiro atoms. The van der Waals surface area contributed by atoms with E-state index in [4.69, 9.17) is 13.9 Å². The normalized spacial score (nSPS) is 11.4. The lowest BCUT2D eigenvalue weighted by molar-refractivity contribution is -0.138. The molecule has 3 aromatic rings. The Morgan fingerprint density at radius 1 is 0.842 bits per heavy atom. The van der Waals surface area contributed by atoms with Crippen molar-refractivity contribution in [1.29, 1.82) is 0 Å². The van der Waals surface area contributed by atoms with Gasteiger partial charge in [-0.05, 0) is 37.1 Å². The first kappa shape index (κ1) is 29.0. The van der Waals surface area contributed by atoms with Gasteiger partial charge in [0.05, 0.1) is 24.3 Å². The number of ether oxygens (including phenoxy) is 2. The van der Waals surface area contributed by atoms with E-state index in [9.17, 15) is 22.8 Å². The predicted octanol–water partition coefficient (Wildman–Crippen LogP) is 8.10. The van der Waals surface area contributed by atoms with Crippen molar-refractivity contribution in [3.8, 4) is 16.9 Å². The number of hydrogen-bond donors (Lipinski definition) is 0. The highest BCUT2D eigenvalue weighted by Crippen LogP contribution is 2.36. The van der Waals surface area contributed by atoms with Crippen LogP contribution in [0.5, 0.6) is 5.75 Å². The van der Waals surface area contributed by atoms with Crippen molar-refractivity contribution in [1.82, 2.24) is 0 Å².